The van der Waals surface area contributed by atoms with Crippen molar-refractivity contribution in [3.63, 3.8) is 0 Å². The zero-order valence-corrected chi connectivity index (χ0v) is 26.4. The van der Waals surface area contributed by atoms with E-state index in [1.807, 2.05) is 36.4 Å². The van der Waals surface area contributed by atoms with Gasteiger partial charge in [0.25, 0.3) is 0 Å². The summed E-state index contributed by atoms with van der Waals surface area (Å²) in [6, 6.07) is 12.2. The summed E-state index contributed by atoms with van der Waals surface area (Å²) in [7, 11) is 0. The third kappa shape index (κ3) is 5.71. The van der Waals surface area contributed by atoms with Crippen molar-refractivity contribution in [1.29, 1.82) is 0 Å². The number of quaternary nitrogens is 2. The van der Waals surface area contributed by atoms with Crippen LogP contribution in [0.3, 0.4) is 0 Å². The fourth-order valence-corrected chi connectivity index (χ4v) is 7.33. The summed E-state index contributed by atoms with van der Waals surface area (Å²) in [4.78, 5) is 27.9. The van der Waals surface area contributed by atoms with E-state index in [1.54, 1.807) is 0 Å². The third-order valence-electron chi connectivity index (χ3n) is 10.4. The van der Waals surface area contributed by atoms with Crippen LogP contribution in [-0.4, -0.2) is 85.0 Å². The number of fused-ring (bicyclic) bond motifs is 2. The molecule has 0 bridgehead atoms. The van der Waals surface area contributed by atoms with E-state index in [4.69, 9.17) is 0 Å². The second-order valence-corrected chi connectivity index (χ2v) is 11.3. The summed E-state index contributed by atoms with van der Waals surface area (Å²) in [5.74, 6) is -0.140. The minimum atomic E-state index is -0.0699. The molecule has 2 N–H and O–H groups in total. The number of carbonyl (C=O) groups excluding carboxylic acids is 2. The summed E-state index contributed by atoms with van der Waals surface area (Å²) < 4.78 is 2.08. The molecule has 2 unspecified atom stereocenters. The number of rotatable bonds is 16. The van der Waals surface area contributed by atoms with Gasteiger partial charge in [0.1, 0.15) is 12.1 Å². The predicted octanol–water partition coefficient (Wildman–Crippen LogP) is 6.60. The van der Waals surface area contributed by atoms with E-state index in [1.165, 1.54) is 0 Å². The number of nitrogens with zero attached hydrogens (tertiary/aromatic N) is 2. The van der Waals surface area contributed by atoms with Crippen molar-refractivity contribution < 1.29 is 18.6 Å². The molecule has 6 nitrogen and oxygen atoms in total. The number of anilines is 2. The first-order valence-corrected chi connectivity index (χ1v) is 15.8. The molecule has 0 fully saturated rings. The van der Waals surface area contributed by atoms with E-state index in [0.717, 1.165) is 85.5 Å². The topological polar surface area (TPSA) is 58.2 Å². The Morgan fingerprint density at radius 3 is 1.15 bits per heavy atom. The zero-order chi connectivity index (χ0) is 29.5. The van der Waals surface area contributed by atoms with Crippen LogP contribution in [0.15, 0.2) is 36.4 Å². The average molecular weight is 551 g/mol. The van der Waals surface area contributed by atoms with Gasteiger partial charge in [-0.1, -0.05) is 38.1 Å². The highest BCUT2D eigenvalue weighted by Gasteiger charge is 2.36. The molecule has 2 atom stereocenters. The second-order valence-electron chi connectivity index (χ2n) is 11.3. The van der Waals surface area contributed by atoms with Gasteiger partial charge in [-0.05, 0) is 66.5 Å². The van der Waals surface area contributed by atoms with Crippen LogP contribution in [0.25, 0.3) is 0 Å². The zero-order valence-electron chi connectivity index (χ0n) is 26.4. The lowest BCUT2D eigenvalue weighted by atomic mass is 9.82. The molecule has 1 aliphatic rings. The number of ketones is 2. The Kier molecular flexibility index (Phi) is 11.0. The van der Waals surface area contributed by atoms with E-state index in [0.29, 0.717) is 34.3 Å². The maximum atomic E-state index is 14.0. The summed E-state index contributed by atoms with van der Waals surface area (Å²) in [6.45, 7) is 26.1. The van der Waals surface area contributed by atoms with E-state index in [2.05, 4.69) is 66.0 Å². The SMILES string of the molecule is CCC(CNc1cccc2c1C(=O)c1cccc(NCC(CC)[N+](CC)(CC)CC)c1C2=O)[N+](CC)(CC)CC. The molecule has 3 rings (SSSR count). The normalized spacial score (nSPS) is 14.9. The fourth-order valence-electron chi connectivity index (χ4n) is 7.33. The Hall–Kier alpha value is -2.70. The molecule has 2 aromatic rings. The maximum absolute atomic E-state index is 14.0. The number of nitrogens with one attached hydrogen (secondary N) is 2. The number of hydrogen-bond donors (Lipinski definition) is 2. The molecule has 40 heavy (non-hydrogen) atoms. The first kappa shape index (κ1) is 31.8. The van der Waals surface area contributed by atoms with Gasteiger partial charge in [0.05, 0.1) is 63.5 Å². The third-order valence-corrected chi connectivity index (χ3v) is 10.4. The molecular weight excluding hydrogens is 496 g/mol. The van der Waals surface area contributed by atoms with Crippen molar-refractivity contribution >= 4 is 22.9 Å². The molecular formula is C34H54N4O2+2. The molecule has 0 saturated carbocycles. The van der Waals surface area contributed by atoms with Crippen molar-refractivity contribution in [3.05, 3.63) is 58.7 Å². The highest BCUT2D eigenvalue weighted by atomic mass is 16.1. The fraction of sp³-hybridized carbons (Fsp3) is 0.588. The maximum Gasteiger partial charge on any atom is 0.196 e. The number of benzene rings is 2. The largest absolute Gasteiger partial charge is 0.378 e. The first-order valence-electron chi connectivity index (χ1n) is 15.8. The lowest BCUT2D eigenvalue weighted by Gasteiger charge is -2.43. The van der Waals surface area contributed by atoms with E-state index < -0.39 is 0 Å². The molecule has 6 heteroatoms. The van der Waals surface area contributed by atoms with E-state index in [9.17, 15) is 9.59 Å². The van der Waals surface area contributed by atoms with Gasteiger partial charge in [-0.2, -0.15) is 0 Å². The van der Waals surface area contributed by atoms with Crippen LogP contribution >= 0.6 is 0 Å². The molecule has 220 valence electrons. The quantitative estimate of drug-likeness (QED) is 0.197. The van der Waals surface area contributed by atoms with Crippen molar-refractivity contribution in [3.8, 4) is 0 Å². The molecule has 0 heterocycles. The standard InChI is InChI=1S/C34H52N4O2/c1-9-25(37(11-3,12-4)13-5)23-35-29-21-17-19-27-31(29)33(39)28-20-18-22-30(32(28)34(27)40)36-24-26(10-2)38(14-6,15-7)16-8/h17-22,25-26H,9-16,23-24H2,1-8H3/p+2. The summed E-state index contributed by atoms with van der Waals surface area (Å²) >= 11 is 0. The summed E-state index contributed by atoms with van der Waals surface area (Å²) in [6.07, 6.45) is 2.10. The van der Waals surface area contributed by atoms with Gasteiger partial charge in [0, 0.05) is 22.5 Å². The van der Waals surface area contributed by atoms with E-state index >= 15 is 0 Å². The smallest absolute Gasteiger partial charge is 0.196 e. The Morgan fingerprint density at radius 1 is 0.550 bits per heavy atom. The van der Waals surface area contributed by atoms with Gasteiger partial charge in [0.15, 0.2) is 11.6 Å². The van der Waals surface area contributed by atoms with Crippen molar-refractivity contribution in [1.82, 2.24) is 0 Å². The second kappa shape index (κ2) is 13.8. The average Bonchev–Trinajstić information content (AvgIpc) is 3.00. The van der Waals surface area contributed by atoms with Crippen LogP contribution in [0.1, 0.15) is 100 Å². The Morgan fingerprint density at radius 2 is 0.875 bits per heavy atom. The predicted molar refractivity (Wildman–Crippen MR) is 169 cm³/mol. The number of hydrogen-bond acceptors (Lipinski definition) is 4. The molecule has 0 spiro atoms. The van der Waals surface area contributed by atoms with Gasteiger partial charge < -0.3 is 19.6 Å². The number of likely N-dealkylation sites (N-methyl/N-ethyl adjacent to an activating group) is 2. The van der Waals surface area contributed by atoms with Crippen LogP contribution in [0.4, 0.5) is 11.4 Å². The van der Waals surface area contributed by atoms with Gasteiger partial charge in [0.2, 0.25) is 0 Å². The van der Waals surface area contributed by atoms with Crippen LogP contribution < -0.4 is 10.6 Å². The van der Waals surface area contributed by atoms with Crippen LogP contribution in [0.5, 0.6) is 0 Å². The molecule has 0 amide bonds. The lowest BCUT2D eigenvalue weighted by molar-refractivity contribution is -0.945. The molecule has 0 aliphatic heterocycles. The monoisotopic (exact) mass is 550 g/mol. The van der Waals surface area contributed by atoms with Gasteiger partial charge in [-0.15, -0.1) is 0 Å². The van der Waals surface area contributed by atoms with Crippen LogP contribution in [0, 0.1) is 0 Å². The van der Waals surface area contributed by atoms with Gasteiger partial charge in [-0.25, -0.2) is 0 Å². The molecule has 0 radical (unpaired) electrons. The summed E-state index contributed by atoms with van der Waals surface area (Å²) in [5.41, 5.74) is 3.56. The molecule has 0 saturated heterocycles. The first-order chi connectivity index (χ1) is 19.3. The summed E-state index contributed by atoms with van der Waals surface area (Å²) in [5, 5.41) is 7.21. The van der Waals surface area contributed by atoms with Gasteiger partial charge >= 0.3 is 0 Å². The minimum Gasteiger partial charge on any atom is -0.378 e. The Labute approximate surface area is 243 Å². The van der Waals surface area contributed by atoms with Crippen molar-refractivity contribution in [2.24, 2.45) is 0 Å². The molecule has 1 aliphatic carbocycles. The Bertz CT molecular complexity index is 1060. The number of carbonyl (C=O) groups is 2. The van der Waals surface area contributed by atoms with E-state index in [-0.39, 0.29) is 11.6 Å². The van der Waals surface area contributed by atoms with Gasteiger partial charge in [-0.3, -0.25) is 9.59 Å². The van der Waals surface area contributed by atoms with Crippen molar-refractivity contribution in [2.45, 2.75) is 80.3 Å². The highest BCUT2D eigenvalue weighted by Crippen LogP contribution is 2.36. The molecule has 0 aromatic heterocycles. The Balaban J connectivity index is 1.93. The van der Waals surface area contributed by atoms with Crippen LogP contribution in [-0.2, 0) is 0 Å². The molecule has 2 aromatic carbocycles. The lowest BCUT2D eigenvalue weighted by Crippen LogP contribution is -2.57. The van der Waals surface area contributed by atoms with Crippen LogP contribution in [0.2, 0.25) is 0 Å². The van der Waals surface area contributed by atoms with Crippen molar-refractivity contribution in [2.75, 3.05) is 63.0 Å². The minimum absolute atomic E-state index is 0.0699. The highest BCUT2D eigenvalue weighted by molar-refractivity contribution is 6.31.